The number of aliphatic hydroxyl groups excluding tert-OH is 1. The number of hydrogen-bond donors (Lipinski definition) is 2. The molecule has 4 heteroatoms. The first-order valence-corrected chi connectivity index (χ1v) is 9.70. The number of Topliss-reactive ketones (excluding diaryl/α,β-unsaturated/α-hetero) is 1. The summed E-state index contributed by atoms with van der Waals surface area (Å²) in [7, 11) is 0. The summed E-state index contributed by atoms with van der Waals surface area (Å²) in [4.78, 5) is 24.3. The molecule has 0 saturated heterocycles. The first-order valence-electron chi connectivity index (χ1n) is 9.70. The molecule has 4 aliphatic rings. The van der Waals surface area contributed by atoms with Gasteiger partial charge in [-0.15, -0.1) is 0 Å². The number of hydrogen-bond acceptors (Lipinski definition) is 4. The number of ketones is 2. The molecule has 6 atom stereocenters. The molecule has 2 fully saturated rings. The van der Waals surface area contributed by atoms with Gasteiger partial charge in [0.1, 0.15) is 12.2 Å². The second-order valence-electron chi connectivity index (χ2n) is 9.12. The molecule has 1 unspecified atom stereocenters. The summed E-state index contributed by atoms with van der Waals surface area (Å²) in [5, 5.41) is 20.9. The van der Waals surface area contributed by atoms with Crippen LogP contribution in [0.25, 0.3) is 0 Å². The van der Waals surface area contributed by atoms with E-state index in [1.54, 1.807) is 12.2 Å². The minimum absolute atomic E-state index is 0.0644. The lowest BCUT2D eigenvalue weighted by Crippen LogP contribution is -2.57. The van der Waals surface area contributed by atoms with Crippen LogP contribution in [0.2, 0.25) is 0 Å². The van der Waals surface area contributed by atoms with Crippen molar-refractivity contribution in [2.24, 2.45) is 28.6 Å². The zero-order chi connectivity index (χ0) is 18.9. The van der Waals surface area contributed by atoms with Gasteiger partial charge in [-0.3, -0.25) is 9.59 Å². The molecule has 26 heavy (non-hydrogen) atoms. The average Bonchev–Trinajstić information content (AvgIpc) is 2.83. The Morgan fingerprint density at radius 1 is 1.35 bits per heavy atom. The molecule has 0 radical (unpaired) electrons. The monoisotopic (exact) mass is 356 g/mol. The van der Waals surface area contributed by atoms with E-state index < -0.39 is 23.4 Å². The Bertz CT molecular complexity index is 775. The molecule has 0 aromatic heterocycles. The van der Waals surface area contributed by atoms with Crippen LogP contribution in [-0.2, 0) is 9.59 Å². The van der Waals surface area contributed by atoms with Crippen LogP contribution in [0.3, 0.4) is 0 Å². The lowest BCUT2D eigenvalue weighted by Gasteiger charge is -2.53. The maximum atomic E-state index is 12.5. The molecule has 2 N–H and O–H groups in total. The van der Waals surface area contributed by atoms with Crippen LogP contribution in [0.1, 0.15) is 46.5 Å². The van der Waals surface area contributed by atoms with Gasteiger partial charge in [0.15, 0.2) is 11.6 Å². The molecule has 140 valence electrons. The fourth-order valence-corrected chi connectivity index (χ4v) is 6.58. The number of allylic oxidation sites excluding steroid dienone is 6. The lowest BCUT2D eigenvalue weighted by atomic mass is 9.51. The second kappa shape index (κ2) is 5.49. The average molecular weight is 356 g/mol. The van der Waals surface area contributed by atoms with Gasteiger partial charge in [0.2, 0.25) is 0 Å². The zero-order valence-electron chi connectivity index (χ0n) is 15.8. The second-order valence-corrected chi connectivity index (χ2v) is 9.12. The Hall–Kier alpha value is -1.52. The molecule has 4 rings (SSSR count). The Morgan fingerprint density at radius 3 is 2.77 bits per heavy atom. The molecule has 0 amide bonds. The summed E-state index contributed by atoms with van der Waals surface area (Å²) in [5.74, 6) is -0.0376. The fraction of sp³-hybridized carbons (Fsp3) is 0.636. The molecule has 0 aliphatic heterocycles. The van der Waals surface area contributed by atoms with Gasteiger partial charge in [0.05, 0.1) is 0 Å². The van der Waals surface area contributed by atoms with E-state index in [0.29, 0.717) is 12.3 Å². The lowest BCUT2D eigenvalue weighted by molar-refractivity contribution is -0.161. The highest BCUT2D eigenvalue weighted by molar-refractivity contribution is 6.01. The van der Waals surface area contributed by atoms with Gasteiger partial charge in [-0.2, -0.15) is 0 Å². The molecular formula is C22H28O4. The molecule has 0 spiro atoms. The van der Waals surface area contributed by atoms with Gasteiger partial charge in [0, 0.05) is 10.8 Å². The highest BCUT2D eigenvalue weighted by Crippen LogP contribution is 2.66. The first kappa shape index (κ1) is 17.9. The van der Waals surface area contributed by atoms with E-state index in [1.165, 1.54) is 11.1 Å². The van der Waals surface area contributed by atoms with Crippen molar-refractivity contribution in [2.45, 2.75) is 52.1 Å². The number of fused-ring (bicyclic) bond motifs is 5. The van der Waals surface area contributed by atoms with Crippen molar-refractivity contribution in [3.05, 3.63) is 35.5 Å². The van der Waals surface area contributed by atoms with Crippen LogP contribution in [0, 0.1) is 28.6 Å². The molecule has 0 bridgehead atoms. The van der Waals surface area contributed by atoms with Gasteiger partial charge in [-0.1, -0.05) is 37.1 Å². The number of rotatable bonds is 2. The van der Waals surface area contributed by atoms with Crippen LogP contribution in [0.5, 0.6) is 0 Å². The van der Waals surface area contributed by atoms with E-state index in [4.69, 9.17) is 0 Å². The smallest absolute Gasteiger partial charge is 0.190 e. The Labute approximate surface area is 154 Å². The number of aliphatic hydroxyl groups is 2. The molecule has 0 aromatic carbocycles. The summed E-state index contributed by atoms with van der Waals surface area (Å²) in [6.07, 6.45) is 10.9. The van der Waals surface area contributed by atoms with Crippen molar-refractivity contribution in [2.75, 3.05) is 6.61 Å². The number of carbonyl (C=O) groups excluding carboxylic acids is 2. The normalized spacial score (nSPS) is 46.8. The van der Waals surface area contributed by atoms with Crippen molar-refractivity contribution in [3.8, 4) is 0 Å². The van der Waals surface area contributed by atoms with Crippen molar-refractivity contribution in [1.29, 1.82) is 0 Å². The van der Waals surface area contributed by atoms with E-state index in [-0.39, 0.29) is 23.0 Å². The third-order valence-electron chi connectivity index (χ3n) is 8.10. The van der Waals surface area contributed by atoms with Crippen LogP contribution in [0.15, 0.2) is 35.5 Å². The summed E-state index contributed by atoms with van der Waals surface area (Å²) >= 11 is 0. The highest BCUT2D eigenvalue weighted by atomic mass is 16.3. The molecule has 0 aromatic rings. The third-order valence-corrected chi connectivity index (χ3v) is 8.10. The molecule has 2 saturated carbocycles. The highest BCUT2D eigenvalue weighted by Gasteiger charge is 2.66. The van der Waals surface area contributed by atoms with Crippen molar-refractivity contribution < 1.29 is 19.8 Å². The van der Waals surface area contributed by atoms with E-state index in [1.807, 2.05) is 19.9 Å². The maximum absolute atomic E-state index is 12.5. The zero-order valence-corrected chi connectivity index (χ0v) is 15.8. The summed E-state index contributed by atoms with van der Waals surface area (Å²) < 4.78 is 0. The summed E-state index contributed by atoms with van der Waals surface area (Å²) in [5.41, 5.74) is 0.289. The largest absolute Gasteiger partial charge is 0.388 e. The maximum Gasteiger partial charge on any atom is 0.190 e. The SMILES string of the molecule is C[C@@H]1C[C@H]2[C@@H]3CCC4=CC(=O)C=CC4(C)C3=CC[C@]2(C)[C@@]1(O)C(=O)CO. The molecule has 4 aliphatic carbocycles. The minimum atomic E-state index is -1.47. The standard InChI is InChI=1S/C22H28O4/c1-13-10-18-16-5-4-14-11-15(24)6-8-20(14,2)17(16)7-9-21(18,3)22(13,26)19(25)12-23/h6-8,11,13,16,18,23,26H,4-5,9-10,12H2,1-3H3/t13-,16-,18+,20?,21+,22+/m1/s1. The Balaban J connectivity index is 1.79. The molecule has 4 nitrogen and oxygen atoms in total. The van der Waals surface area contributed by atoms with Crippen molar-refractivity contribution in [3.63, 3.8) is 0 Å². The van der Waals surface area contributed by atoms with Gasteiger partial charge >= 0.3 is 0 Å². The van der Waals surface area contributed by atoms with E-state index in [9.17, 15) is 19.8 Å². The van der Waals surface area contributed by atoms with Crippen LogP contribution < -0.4 is 0 Å². The minimum Gasteiger partial charge on any atom is -0.388 e. The third kappa shape index (κ3) is 1.97. The predicted molar refractivity (Wildman–Crippen MR) is 98.2 cm³/mol. The van der Waals surface area contributed by atoms with E-state index in [0.717, 1.165) is 19.3 Å². The summed E-state index contributed by atoms with van der Waals surface area (Å²) in [6, 6.07) is 0. The topological polar surface area (TPSA) is 74.6 Å². The molecular weight excluding hydrogens is 328 g/mol. The first-order chi connectivity index (χ1) is 12.2. The summed E-state index contributed by atoms with van der Waals surface area (Å²) in [6.45, 7) is 5.54. The quantitative estimate of drug-likeness (QED) is 0.746. The van der Waals surface area contributed by atoms with Crippen LogP contribution >= 0.6 is 0 Å². The van der Waals surface area contributed by atoms with Gasteiger partial charge in [0.25, 0.3) is 0 Å². The number of carbonyl (C=O) groups is 2. The van der Waals surface area contributed by atoms with Gasteiger partial charge in [-0.25, -0.2) is 0 Å². The van der Waals surface area contributed by atoms with E-state index >= 15 is 0 Å². The van der Waals surface area contributed by atoms with Crippen LogP contribution in [0.4, 0.5) is 0 Å². The van der Waals surface area contributed by atoms with E-state index in [2.05, 4.69) is 13.0 Å². The van der Waals surface area contributed by atoms with Gasteiger partial charge in [-0.05, 0) is 62.5 Å². The van der Waals surface area contributed by atoms with Gasteiger partial charge < -0.3 is 10.2 Å². The predicted octanol–water partition coefficient (Wildman–Crippen LogP) is 2.75. The Morgan fingerprint density at radius 2 is 2.08 bits per heavy atom. The van der Waals surface area contributed by atoms with Crippen molar-refractivity contribution in [1.82, 2.24) is 0 Å². The Kier molecular flexibility index (Phi) is 3.78. The van der Waals surface area contributed by atoms with Crippen LogP contribution in [-0.4, -0.2) is 34.0 Å². The molecule has 0 heterocycles. The van der Waals surface area contributed by atoms with Crippen molar-refractivity contribution >= 4 is 11.6 Å². The fourth-order valence-electron chi connectivity index (χ4n) is 6.58.